The van der Waals surface area contributed by atoms with Crippen LogP contribution in [0.2, 0.25) is 5.02 Å². The summed E-state index contributed by atoms with van der Waals surface area (Å²) in [5.41, 5.74) is 1.59. The molecule has 0 aliphatic rings. The average molecular weight is 389 g/mol. The van der Waals surface area contributed by atoms with Gasteiger partial charge in [0, 0.05) is 24.8 Å². The fourth-order valence-corrected chi connectivity index (χ4v) is 2.76. The molecule has 0 aromatic heterocycles. The number of carboxylic acids is 1. The molecule has 2 amide bonds. The molecule has 0 fully saturated rings. The smallest absolute Gasteiger partial charge is 0.326 e. The summed E-state index contributed by atoms with van der Waals surface area (Å²) in [4.78, 5) is 35.7. The van der Waals surface area contributed by atoms with Crippen molar-refractivity contribution in [3.8, 4) is 0 Å². The molecule has 0 saturated heterocycles. The summed E-state index contributed by atoms with van der Waals surface area (Å²) in [6.07, 6.45) is 0.371. The molecule has 6 nitrogen and oxygen atoms in total. The van der Waals surface area contributed by atoms with E-state index in [1.54, 1.807) is 24.3 Å². The highest BCUT2D eigenvalue weighted by Gasteiger charge is 2.26. The van der Waals surface area contributed by atoms with Gasteiger partial charge in [-0.3, -0.25) is 9.59 Å². The van der Waals surface area contributed by atoms with Crippen LogP contribution in [0.3, 0.4) is 0 Å². The second-order valence-electron chi connectivity index (χ2n) is 6.17. The molecule has 3 N–H and O–H groups in total. The first-order chi connectivity index (χ1) is 12.8. The van der Waals surface area contributed by atoms with E-state index in [1.807, 2.05) is 30.3 Å². The minimum Gasteiger partial charge on any atom is -0.480 e. The minimum absolute atomic E-state index is 0.108. The number of aliphatic carboxylic acids is 1. The quantitative estimate of drug-likeness (QED) is 0.646. The fourth-order valence-electron chi connectivity index (χ4n) is 2.63. The van der Waals surface area contributed by atoms with Crippen LogP contribution in [0.4, 0.5) is 0 Å². The lowest BCUT2D eigenvalue weighted by atomic mass is 10.0. The Kier molecular flexibility index (Phi) is 7.37. The zero-order chi connectivity index (χ0) is 19.8. The van der Waals surface area contributed by atoms with Crippen LogP contribution in [-0.2, 0) is 27.2 Å². The van der Waals surface area contributed by atoms with Gasteiger partial charge in [-0.25, -0.2) is 4.79 Å². The third kappa shape index (κ3) is 6.75. The lowest BCUT2D eigenvalue weighted by Crippen LogP contribution is -2.52. The van der Waals surface area contributed by atoms with Crippen molar-refractivity contribution in [3.05, 3.63) is 70.7 Å². The molecule has 0 radical (unpaired) electrons. The van der Waals surface area contributed by atoms with Crippen molar-refractivity contribution in [1.29, 1.82) is 0 Å². The van der Waals surface area contributed by atoms with Gasteiger partial charge in [0.2, 0.25) is 11.8 Å². The molecule has 0 aliphatic heterocycles. The van der Waals surface area contributed by atoms with Gasteiger partial charge in [0.1, 0.15) is 12.1 Å². The van der Waals surface area contributed by atoms with Gasteiger partial charge in [-0.1, -0.05) is 54.1 Å². The van der Waals surface area contributed by atoms with E-state index in [0.29, 0.717) is 5.02 Å². The molecular weight excluding hydrogens is 368 g/mol. The molecule has 27 heavy (non-hydrogen) atoms. The molecule has 2 aromatic rings. The Balaban J connectivity index is 2.10. The van der Waals surface area contributed by atoms with Gasteiger partial charge in [-0.2, -0.15) is 0 Å². The molecule has 2 aromatic carbocycles. The molecule has 142 valence electrons. The van der Waals surface area contributed by atoms with E-state index in [1.165, 1.54) is 6.92 Å². The molecule has 7 heteroatoms. The summed E-state index contributed by atoms with van der Waals surface area (Å²) in [6, 6.07) is 13.9. The number of amides is 2. The number of carbonyl (C=O) groups excluding carboxylic acids is 2. The van der Waals surface area contributed by atoms with E-state index in [-0.39, 0.29) is 18.7 Å². The van der Waals surface area contributed by atoms with Crippen molar-refractivity contribution in [3.63, 3.8) is 0 Å². The Hall–Kier alpha value is -2.86. The topological polar surface area (TPSA) is 95.5 Å². The number of hydrogen-bond donors (Lipinski definition) is 3. The van der Waals surface area contributed by atoms with Gasteiger partial charge in [-0.05, 0) is 23.3 Å². The Bertz CT molecular complexity index is 793. The summed E-state index contributed by atoms with van der Waals surface area (Å²) in [7, 11) is 0. The third-order valence-electron chi connectivity index (χ3n) is 3.94. The lowest BCUT2D eigenvalue weighted by Gasteiger charge is -2.21. The van der Waals surface area contributed by atoms with Crippen molar-refractivity contribution >= 4 is 29.4 Å². The second-order valence-corrected chi connectivity index (χ2v) is 6.61. The highest BCUT2D eigenvalue weighted by molar-refractivity contribution is 6.30. The van der Waals surface area contributed by atoms with Crippen molar-refractivity contribution in [2.24, 2.45) is 0 Å². The van der Waals surface area contributed by atoms with Crippen LogP contribution in [0.1, 0.15) is 18.1 Å². The van der Waals surface area contributed by atoms with Gasteiger partial charge in [-0.15, -0.1) is 0 Å². The molecule has 2 atom stereocenters. The monoisotopic (exact) mass is 388 g/mol. The van der Waals surface area contributed by atoms with Crippen LogP contribution in [0.5, 0.6) is 0 Å². The fraction of sp³-hybridized carbons (Fsp3) is 0.250. The zero-order valence-corrected chi connectivity index (χ0v) is 15.6. The largest absolute Gasteiger partial charge is 0.480 e. The molecular formula is C20H21ClN2O4. The van der Waals surface area contributed by atoms with Crippen LogP contribution in [0.25, 0.3) is 0 Å². The number of carbonyl (C=O) groups is 3. The Morgan fingerprint density at radius 2 is 1.44 bits per heavy atom. The highest BCUT2D eigenvalue weighted by atomic mass is 35.5. The van der Waals surface area contributed by atoms with Gasteiger partial charge in [0.15, 0.2) is 0 Å². The molecule has 0 bridgehead atoms. The number of benzene rings is 2. The second kappa shape index (κ2) is 9.73. The first-order valence-electron chi connectivity index (χ1n) is 8.44. The standard InChI is InChI=1S/C20H21ClN2O4/c1-13(24)22-17(11-14-5-3-2-4-6-14)19(25)23-18(20(26)27)12-15-7-9-16(21)10-8-15/h2-10,17-18H,11-12H2,1H3,(H,22,24)(H,23,25)(H,26,27)/t17-,18-/m1/s1. The molecule has 0 spiro atoms. The number of nitrogens with one attached hydrogen (secondary N) is 2. The lowest BCUT2D eigenvalue weighted by molar-refractivity contribution is -0.142. The predicted octanol–water partition coefficient (Wildman–Crippen LogP) is 2.20. The van der Waals surface area contributed by atoms with Gasteiger partial charge < -0.3 is 15.7 Å². The van der Waals surface area contributed by atoms with Crippen LogP contribution >= 0.6 is 11.6 Å². The average Bonchev–Trinajstić information content (AvgIpc) is 2.62. The van der Waals surface area contributed by atoms with Crippen LogP contribution in [-0.4, -0.2) is 35.0 Å². The van der Waals surface area contributed by atoms with E-state index in [0.717, 1.165) is 11.1 Å². The summed E-state index contributed by atoms with van der Waals surface area (Å²) in [6.45, 7) is 1.31. The number of rotatable bonds is 8. The normalized spacial score (nSPS) is 12.7. The van der Waals surface area contributed by atoms with E-state index >= 15 is 0 Å². The van der Waals surface area contributed by atoms with Crippen LogP contribution in [0, 0.1) is 0 Å². The molecule has 0 saturated carbocycles. The first kappa shape index (κ1) is 20.5. The van der Waals surface area contributed by atoms with Crippen LogP contribution < -0.4 is 10.6 Å². The summed E-state index contributed by atoms with van der Waals surface area (Å²) in [5, 5.41) is 15.1. The van der Waals surface area contributed by atoms with E-state index < -0.39 is 24.0 Å². The summed E-state index contributed by atoms with van der Waals surface area (Å²) < 4.78 is 0. The predicted molar refractivity (Wildman–Crippen MR) is 102 cm³/mol. The van der Waals surface area contributed by atoms with Gasteiger partial charge in [0.25, 0.3) is 0 Å². The Morgan fingerprint density at radius 3 is 2.00 bits per heavy atom. The van der Waals surface area contributed by atoms with Gasteiger partial charge in [0.05, 0.1) is 0 Å². The Labute approximate surface area is 162 Å². The van der Waals surface area contributed by atoms with E-state index in [9.17, 15) is 19.5 Å². The zero-order valence-electron chi connectivity index (χ0n) is 14.8. The third-order valence-corrected chi connectivity index (χ3v) is 4.20. The van der Waals surface area contributed by atoms with Crippen molar-refractivity contribution in [2.45, 2.75) is 31.8 Å². The maximum Gasteiger partial charge on any atom is 0.326 e. The molecule has 2 rings (SSSR count). The molecule has 0 unspecified atom stereocenters. The number of hydrogen-bond acceptors (Lipinski definition) is 3. The maximum atomic E-state index is 12.6. The number of halogens is 1. The molecule has 0 aliphatic carbocycles. The van der Waals surface area contributed by atoms with Crippen molar-refractivity contribution in [1.82, 2.24) is 10.6 Å². The maximum absolute atomic E-state index is 12.6. The van der Waals surface area contributed by atoms with Gasteiger partial charge >= 0.3 is 5.97 Å². The summed E-state index contributed by atoms with van der Waals surface area (Å²) >= 11 is 5.84. The Morgan fingerprint density at radius 1 is 0.889 bits per heavy atom. The molecule has 0 heterocycles. The number of carboxylic acid groups (broad SMARTS) is 1. The van der Waals surface area contributed by atoms with E-state index in [4.69, 9.17) is 11.6 Å². The minimum atomic E-state index is -1.15. The summed E-state index contributed by atoms with van der Waals surface area (Å²) in [5.74, 6) is -2.06. The first-order valence-corrected chi connectivity index (χ1v) is 8.81. The van der Waals surface area contributed by atoms with Crippen LogP contribution in [0.15, 0.2) is 54.6 Å². The van der Waals surface area contributed by atoms with Crippen molar-refractivity contribution in [2.75, 3.05) is 0 Å². The van der Waals surface area contributed by atoms with Crippen molar-refractivity contribution < 1.29 is 19.5 Å². The van der Waals surface area contributed by atoms with E-state index in [2.05, 4.69) is 10.6 Å². The SMILES string of the molecule is CC(=O)N[C@H](Cc1ccccc1)C(=O)N[C@H](Cc1ccc(Cl)cc1)C(=O)O. The highest BCUT2D eigenvalue weighted by Crippen LogP contribution is 2.12.